The number of allylic oxidation sites excluding steroid dienone is 1. The summed E-state index contributed by atoms with van der Waals surface area (Å²) >= 11 is 0. The highest BCUT2D eigenvalue weighted by Crippen LogP contribution is 2.33. The van der Waals surface area contributed by atoms with Crippen molar-refractivity contribution in [3.05, 3.63) is 11.8 Å². The lowest BCUT2D eigenvalue weighted by Crippen LogP contribution is -2.39. The Morgan fingerprint density at radius 3 is 2.81 bits per heavy atom. The number of ether oxygens (including phenoxy) is 2. The van der Waals surface area contributed by atoms with Gasteiger partial charge >= 0.3 is 0 Å². The smallest absolute Gasteiger partial charge is 0.288 e. The number of carbonyl (C=O) groups excluding carboxylic acids is 1. The van der Waals surface area contributed by atoms with E-state index in [2.05, 4.69) is 6.92 Å². The van der Waals surface area contributed by atoms with E-state index in [9.17, 15) is 4.79 Å². The van der Waals surface area contributed by atoms with E-state index in [0.717, 1.165) is 38.8 Å². The lowest BCUT2D eigenvalue weighted by atomic mass is 9.86. The van der Waals surface area contributed by atoms with Crippen molar-refractivity contribution in [2.45, 2.75) is 45.8 Å². The molecule has 2 aliphatic rings. The number of amides is 1. The monoisotopic (exact) mass is 297 g/mol. The first-order valence-electron chi connectivity index (χ1n) is 8.07. The molecule has 2 rings (SSSR count). The molecular formula is C16H27NO4. The number of aliphatic hydroxyl groups is 1. The fourth-order valence-corrected chi connectivity index (χ4v) is 3.11. The molecule has 5 nitrogen and oxygen atoms in total. The van der Waals surface area contributed by atoms with Gasteiger partial charge in [-0.05, 0) is 44.6 Å². The third-order valence-corrected chi connectivity index (χ3v) is 4.31. The summed E-state index contributed by atoms with van der Waals surface area (Å²) in [7, 11) is 0. The van der Waals surface area contributed by atoms with Crippen LogP contribution in [-0.4, -0.2) is 48.5 Å². The molecule has 0 radical (unpaired) electrons. The summed E-state index contributed by atoms with van der Waals surface area (Å²) in [5, 5.41) is 9.03. The van der Waals surface area contributed by atoms with Gasteiger partial charge in [-0.15, -0.1) is 0 Å². The van der Waals surface area contributed by atoms with E-state index in [1.165, 1.54) is 0 Å². The summed E-state index contributed by atoms with van der Waals surface area (Å²) in [6, 6.07) is 0. The SMILES string of the molecule is CCO[C@H]1OC(C(=O)N2CCCC2)=C[C@@H](C)[C@H]1CCCO. The molecule has 0 aliphatic carbocycles. The van der Waals surface area contributed by atoms with Crippen molar-refractivity contribution in [3.8, 4) is 0 Å². The van der Waals surface area contributed by atoms with Crippen molar-refractivity contribution in [1.29, 1.82) is 0 Å². The molecule has 0 aromatic rings. The topological polar surface area (TPSA) is 59.0 Å². The summed E-state index contributed by atoms with van der Waals surface area (Å²) < 4.78 is 11.5. The fourth-order valence-electron chi connectivity index (χ4n) is 3.11. The van der Waals surface area contributed by atoms with Gasteiger partial charge in [-0.3, -0.25) is 4.79 Å². The van der Waals surface area contributed by atoms with Crippen LogP contribution in [0.2, 0.25) is 0 Å². The normalized spacial score (nSPS) is 29.2. The highest BCUT2D eigenvalue weighted by Gasteiger charge is 2.36. The van der Waals surface area contributed by atoms with Gasteiger partial charge in [-0.1, -0.05) is 6.92 Å². The van der Waals surface area contributed by atoms with Gasteiger partial charge in [0.15, 0.2) is 5.76 Å². The second-order valence-corrected chi connectivity index (χ2v) is 5.86. The molecule has 0 aromatic carbocycles. The van der Waals surface area contributed by atoms with E-state index in [1.54, 1.807) is 0 Å². The molecule has 1 amide bonds. The molecule has 0 unspecified atom stereocenters. The number of carbonyl (C=O) groups is 1. The van der Waals surface area contributed by atoms with Gasteiger partial charge in [0.2, 0.25) is 6.29 Å². The van der Waals surface area contributed by atoms with Gasteiger partial charge in [0.1, 0.15) is 0 Å². The number of hydrogen-bond donors (Lipinski definition) is 1. The van der Waals surface area contributed by atoms with E-state index < -0.39 is 0 Å². The number of aliphatic hydroxyl groups excluding tert-OH is 1. The molecule has 0 spiro atoms. The molecule has 2 heterocycles. The lowest BCUT2D eigenvalue weighted by Gasteiger charge is -2.36. The molecule has 0 saturated carbocycles. The Kier molecular flexibility index (Phi) is 6.06. The Labute approximate surface area is 126 Å². The largest absolute Gasteiger partial charge is 0.459 e. The van der Waals surface area contributed by atoms with Crippen LogP contribution in [0.5, 0.6) is 0 Å². The third-order valence-electron chi connectivity index (χ3n) is 4.31. The Hall–Kier alpha value is -1.07. The quantitative estimate of drug-likeness (QED) is 0.813. The molecule has 2 aliphatic heterocycles. The average Bonchev–Trinajstić information content (AvgIpc) is 3.00. The molecule has 0 aromatic heterocycles. The van der Waals surface area contributed by atoms with Crippen LogP contribution in [0, 0.1) is 11.8 Å². The molecule has 3 atom stereocenters. The maximum absolute atomic E-state index is 12.5. The summed E-state index contributed by atoms with van der Waals surface area (Å²) in [4.78, 5) is 14.3. The first kappa shape index (κ1) is 16.3. The minimum Gasteiger partial charge on any atom is -0.459 e. The second-order valence-electron chi connectivity index (χ2n) is 5.86. The van der Waals surface area contributed by atoms with Crippen molar-refractivity contribution in [2.24, 2.45) is 11.8 Å². The van der Waals surface area contributed by atoms with Crippen LogP contribution in [0.4, 0.5) is 0 Å². The van der Waals surface area contributed by atoms with E-state index in [-0.39, 0.29) is 30.6 Å². The van der Waals surface area contributed by atoms with E-state index in [1.807, 2.05) is 17.9 Å². The van der Waals surface area contributed by atoms with Gasteiger partial charge < -0.3 is 19.5 Å². The first-order valence-corrected chi connectivity index (χ1v) is 8.07. The van der Waals surface area contributed by atoms with Crippen molar-refractivity contribution in [2.75, 3.05) is 26.3 Å². The summed E-state index contributed by atoms with van der Waals surface area (Å²) in [5.41, 5.74) is 0. The molecule has 1 saturated heterocycles. The second kappa shape index (κ2) is 7.80. The Morgan fingerprint density at radius 1 is 1.48 bits per heavy atom. The highest BCUT2D eigenvalue weighted by molar-refractivity contribution is 5.91. The van der Waals surface area contributed by atoms with Crippen LogP contribution in [0.15, 0.2) is 11.8 Å². The van der Waals surface area contributed by atoms with E-state index in [4.69, 9.17) is 14.6 Å². The van der Waals surface area contributed by atoms with Gasteiger partial charge in [-0.25, -0.2) is 0 Å². The van der Waals surface area contributed by atoms with Gasteiger partial charge in [0, 0.05) is 32.2 Å². The Balaban J connectivity index is 2.07. The number of hydrogen-bond acceptors (Lipinski definition) is 4. The molecule has 1 fully saturated rings. The maximum atomic E-state index is 12.5. The van der Waals surface area contributed by atoms with Crippen LogP contribution in [-0.2, 0) is 14.3 Å². The van der Waals surface area contributed by atoms with Crippen molar-refractivity contribution in [3.63, 3.8) is 0 Å². The zero-order valence-electron chi connectivity index (χ0n) is 13.1. The fraction of sp³-hybridized carbons (Fsp3) is 0.812. The third kappa shape index (κ3) is 3.98. The van der Waals surface area contributed by atoms with Gasteiger partial charge in [-0.2, -0.15) is 0 Å². The minimum atomic E-state index is -0.386. The standard InChI is InChI=1S/C16H27NO4/c1-3-20-16-13(7-6-10-18)12(2)11-14(21-16)15(19)17-8-4-5-9-17/h11-13,16,18H,3-10H2,1-2H3/t12-,13-,16+/m1/s1. The van der Waals surface area contributed by atoms with Crippen LogP contribution < -0.4 is 0 Å². The molecular weight excluding hydrogens is 270 g/mol. The van der Waals surface area contributed by atoms with Gasteiger partial charge in [0.05, 0.1) is 0 Å². The Morgan fingerprint density at radius 2 is 2.19 bits per heavy atom. The summed E-state index contributed by atoms with van der Waals surface area (Å²) in [6.45, 7) is 6.39. The first-order chi connectivity index (χ1) is 10.2. The summed E-state index contributed by atoms with van der Waals surface area (Å²) in [5.74, 6) is 0.823. The molecule has 120 valence electrons. The zero-order valence-corrected chi connectivity index (χ0v) is 13.1. The van der Waals surface area contributed by atoms with Gasteiger partial charge in [0.25, 0.3) is 5.91 Å². The average molecular weight is 297 g/mol. The predicted octanol–water partition coefficient (Wildman–Crippen LogP) is 1.91. The van der Waals surface area contributed by atoms with Crippen molar-refractivity contribution < 1.29 is 19.4 Å². The number of likely N-dealkylation sites (tertiary alicyclic amines) is 1. The van der Waals surface area contributed by atoms with Crippen molar-refractivity contribution >= 4 is 5.91 Å². The Bertz CT molecular complexity index is 376. The highest BCUT2D eigenvalue weighted by atomic mass is 16.7. The summed E-state index contributed by atoms with van der Waals surface area (Å²) in [6.07, 6.45) is 5.25. The number of nitrogens with zero attached hydrogens (tertiary/aromatic N) is 1. The van der Waals surface area contributed by atoms with Crippen LogP contribution in [0.3, 0.4) is 0 Å². The van der Waals surface area contributed by atoms with Crippen LogP contribution >= 0.6 is 0 Å². The minimum absolute atomic E-state index is 0.00957. The van der Waals surface area contributed by atoms with E-state index >= 15 is 0 Å². The van der Waals surface area contributed by atoms with Crippen molar-refractivity contribution in [1.82, 2.24) is 4.90 Å². The molecule has 1 N–H and O–H groups in total. The molecule has 0 bridgehead atoms. The lowest BCUT2D eigenvalue weighted by molar-refractivity contribution is -0.174. The predicted molar refractivity (Wildman–Crippen MR) is 79.4 cm³/mol. The molecule has 21 heavy (non-hydrogen) atoms. The number of rotatable bonds is 6. The van der Waals surface area contributed by atoms with E-state index in [0.29, 0.717) is 12.4 Å². The van der Waals surface area contributed by atoms with Crippen LogP contribution in [0.25, 0.3) is 0 Å². The maximum Gasteiger partial charge on any atom is 0.288 e. The zero-order chi connectivity index (χ0) is 15.2. The van der Waals surface area contributed by atoms with Crippen LogP contribution in [0.1, 0.15) is 39.5 Å². The molecule has 5 heteroatoms.